The second-order valence-electron chi connectivity index (χ2n) is 6.27. The van der Waals surface area contributed by atoms with E-state index in [0.717, 1.165) is 17.4 Å². The Kier molecular flexibility index (Phi) is 6.03. The Labute approximate surface area is 170 Å². The second kappa shape index (κ2) is 8.48. The predicted octanol–water partition coefficient (Wildman–Crippen LogP) is 3.86. The lowest BCUT2D eigenvalue weighted by molar-refractivity contribution is 0.334. The first kappa shape index (κ1) is 20.6. The summed E-state index contributed by atoms with van der Waals surface area (Å²) < 4.78 is 50.9. The van der Waals surface area contributed by atoms with Crippen LogP contribution in [0.15, 0.2) is 49.6 Å². The van der Waals surface area contributed by atoms with Crippen molar-refractivity contribution in [2.24, 2.45) is 0 Å². The molecule has 2 aromatic rings. The summed E-state index contributed by atoms with van der Waals surface area (Å²) in [6, 6.07) is 6.74. The van der Waals surface area contributed by atoms with Crippen LogP contribution < -0.4 is 23.1 Å². The highest BCUT2D eigenvalue weighted by Gasteiger charge is 2.25. The maximum absolute atomic E-state index is 11.6. The van der Waals surface area contributed by atoms with Crippen LogP contribution >= 0.6 is 0 Å². The zero-order chi connectivity index (χ0) is 21.0. The Balaban J connectivity index is 2.03. The minimum absolute atomic E-state index is 0.0975. The predicted molar refractivity (Wildman–Crippen MR) is 109 cm³/mol. The molecule has 0 aromatic heterocycles. The van der Waals surface area contributed by atoms with Gasteiger partial charge >= 0.3 is 10.1 Å². The second-order valence-corrected chi connectivity index (χ2v) is 7.85. The minimum Gasteiger partial charge on any atom is -0.493 e. The van der Waals surface area contributed by atoms with Crippen molar-refractivity contribution in [3.8, 4) is 34.5 Å². The first-order valence-electron chi connectivity index (χ1n) is 8.77. The number of hydrogen-bond donors (Lipinski definition) is 0. The summed E-state index contributed by atoms with van der Waals surface area (Å²) in [6.45, 7) is 7.98. The van der Waals surface area contributed by atoms with Crippen LogP contribution in [0, 0.1) is 0 Å². The van der Waals surface area contributed by atoms with Gasteiger partial charge in [0.2, 0.25) is 0 Å². The standard InChI is InChI=1S/C21H22O7S/c1-5-7-25-15-11-18(26-8-6-2)16-9-14-10-21(28-29(4,22)23)20(24-3)13-17(14)27-19(16)12-15/h5-6,10-13H,1-2,7-9H2,3-4H3. The van der Waals surface area contributed by atoms with Crippen molar-refractivity contribution in [2.45, 2.75) is 6.42 Å². The van der Waals surface area contributed by atoms with Gasteiger partial charge in [0.05, 0.1) is 13.4 Å². The van der Waals surface area contributed by atoms with Crippen molar-refractivity contribution in [2.75, 3.05) is 26.6 Å². The van der Waals surface area contributed by atoms with Crippen LogP contribution in [0.5, 0.6) is 34.5 Å². The molecule has 0 radical (unpaired) electrons. The van der Waals surface area contributed by atoms with Gasteiger partial charge < -0.3 is 23.1 Å². The molecule has 7 nitrogen and oxygen atoms in total. The molecular formula is C21H22O7S. The Bertz CT molecular complexity index is 1040. The van der Waals surface area contributed by atoms with E-state index in [4.69, 9.17) is 23.1 Å². The molecule has 1 heterocycles. The molecule has 29 heavy (non-hydrogen) atoms. The van der Waals surface area contributed by atoms with E-state index in [9.17, 15) is 8.42 Å². The summed E-state index contributed by atoms with van der Waals surface area (Å²) in [4.78, 5) is 0. The van der Waals surface area contributed by atoms with Crippen molar-refractivity contribution < 1.29 is 31.5 Å². The molecule has 0 atom stereocenters. The monoisotopic (exact) mass is 418 g/mol. The van der Waals surface area contributed by atoms with Gasteiger partial charge in [-0.15, -0.1) is 0 Å². The SMILES string of the molecule is C=CCOc1cc(OCC=C)c2c(c1)Oc1cc(OC)c(OS(C)(=O)=O)cc1C2. The smallest absolute Gasteiger partial charge is 0.306 e. The van der Waals surface area contributed by atoms with E-state index in [2.05, 4.69) is 13.2 Å². The lowest BCUT2D eigenvalue weighted by atomic mass is 9.98. The van der Waals surface area contributed by atoms with Gasteiger partial charge in [0.25, 0.3) is 0 Å². The van der Waals surface area contributed by atoms with Crippen molar-refractivity contribution in [1.82, 2.24) is 0 Å². The average molecular weight is 418 g/mol. The fraction of sp³-hybridized carbons (Fsp3) is 0.238. The lowest BCUT2D eigenvalue weighted by Gasteiger charge is -2.24. The van der Waals surface area contributed by atoms with E-state index in [1.54, 1.807) is 36.4 Å². The van der Waals surface area contributed by atoms with Crippen LogP contribution in [0.3, 0.4) is 0 Å². The van der Waals surface area contributed by atoms with E-state index < -0.39 is 10.1 Å². The number of benzene rings is 2. The number of fused-ring (bicyclic) bond motifs is 2. The van der Waals surface area contributed by atoms with Crippen LogP contribution in [-0.4, -0.2) is 35.0 Å². The van der Waals surface area contributed by atoms with E-state index in [0.29, 0.717) is 42.6 Å². The van der Waals surface area contributed by atoms with Crippen molar-refractivity contribution in [3.05, 3.63) is 60.7 Å². The molecule has 0 unspecified atom stereocenters. The molecule has 0 fully saturated rings. The zero-order valence-corrected chi connectivity index (χ0v) is 17.1. The molecule has 0 N–H and O–H groups in total. The summed E-state index contributed by atoms with van der Waals surface area (Å²) in [5, 5.41) is 0. The molecule has 2 aromatic carbocycles. The van der Waals surface area contributed by atoms with Gasteiger partial charge in [-0.2, -0.15) is 8.42 Å². The zero-order valence-electron chi connectivity index (χ0n) is 16.3. The third kappa shape index (κ3) is 4.83. The first-order valence-corrected chi connectivity index (χ1v) is 10.6. The molecule has 154 valence electrons. The molecule has 1 aliphatic heterocycles. The van der Waals surface area contributed by atoms with Gasteiger partial charge in [-0.1, -0.05) is 25.3 Å². The van der Waals surface area contributed by atoms with Gasteiger partial charge in [0.15, 0.2) is 11.5 Å². The Morgan fingerprint density at radius 2 is 1.72 bits per heavy atom. The molecule has 8 heteroatoms. The normalized spacial score (nSPS) is 12.1. The van der Waals surface area contributed by atoms with E-state index in [1.165, 1.54) is 7.11 Å². The van der Waals surface area contributed by atoms with E-state index in [-0.39, 0.29) is 11.5 Å². The Morgan fingerprint density at radius 3 is 2.38 bits per heavy atom. The first-order chi connectivity index (χ1) is 13.8. The summed E-state index contributed by atoms with van der Waals surface area (Å²) in [6.07, 6.45) is 4.71. The highest BCUT2D eigenvalue weighted by molar-refractivity contribution is 7.86. The van der Waals surface area contributed by atoms with Gasteiger partial charge in [-0.05, 0) is 6.07 Å². The van der Waals surface area contributed by atoms with Crippen molar-refractivity contribution in [1.29, 1.82) is 0 Å². The molecule has 0 saturated heterocycles. The fourth-order valence-electron chi connectivity index (χ4n) is 2.89. The molecule has 0 saturated carbocycles. The van der Waals surface area contributed by atoms with Crippen molar-refractivity contribution in [3.63, 3.8) is 0 Å². The molecule has 0 aliphatic carbocycles. The van der Waals surface area contributed by atoms with Gasteiger partial charge in [-0.3, -0.25) is 0 Å². The Morgan fingerprint density at radius 1 is 1.00 bits per heavy atom. The summed E-state index contributed by atoms with van der Waals surface area (Å²) >= 11 is 0. The summed E-state index contributed by atoms with van der Waals surface area (Å²) in [5.41, 5.74) is 1.54. The highest BCUT2D eigenvalue weighted by Crippen LogP contribution is 2.47. The molecule has 3 rings (SSSR count). The maximum atomic E-state index is 11.6. The summed E-state index contributed by atoms with van der Waals surface area (Å²) in [5.74, 6) is 2.63. The molecule has 0 amide bonds. The Hall–Kier alpha value is -3.13. The van der Waals surface area contributed by atoms with E-state index in [1.807, 2.05) is 0 Å². The molecule has 0 spiro atoms. The van der Waals surface area contributed by atoms with Gasteiger partial charge in [0.1, 0.15) is 36.2 Å². The summed E-state index contributed by atoms with van der Waals surface area (Å²) in [7, 11) is -2.29. The van der Waals surface area contributed by atoms with Crippen LogP contribution in [0.4, 0.5) is 0 Å². The number of hydrogen-bond acceptors (Lipinski definition) is 7. The quantitative estimate of drug-likeness (QED) is 0.386. The molecule has 0 bridgehead atoms. The third-order valence-electron chi connectivity index (χ3n) is 4.04. The maximum Gasteiger partial charge on any atom is 0.306 e. The number of rotatable bonds is 9. The van der Waals surface area contributed by atoms with Gasteiger partial charge in [0, 0.05) is 35.7 Å². The topological polar surface area (TPSA) is 80.3 Å². The fourth-order valence-corrected chi connectivity index (χ4v) is 3.35. The van der Waals surface area contributed by atoms with Crippen LogP contribution in [0.25, 0.3) is 0 Å². The molecule has 1 aliphatic rings. The van der Waals surface area contributed by atoms with Crippen LogP contribution in [-0.2, 0) is 16.5 Å². The minimum atomic E-state index is -3.71. The van der Waals surface area contributed by atoms with Crippen LogP contribution in [0.2, 0.25) is 0 Å². The van der Waals surface area contributed by atoms with Crippen LogP contribution in [0.1, 0.15) is 11.1 Å². The lowest BCUT2D eigenvalue weighted by Crippen LogP contribution is -2.10. The number of ether oxygens (including phenoxy) is 4. The highest BCUT2D eigenvalue weighted by atomic mass is 32.2. The largest absolute Gasteiger partial charge is 0.493 e. The average Bonchev–Trinajstić information content (AvgIpc) is 2.67. The van der Waals surface area contributed by atoms with Crippen molar-refractivity contribution >= 4 is 10.1 Å². The third-order valence-corrected chi connectivity index (χ3v) is 4.52. The number of methoxy groups -OCH3 is 1. The molecular weight excluding hydrogens is 396 g/mol. The van der Waals surface area contributed by atoms with E-state index >= 15 is 0 Å². The van der Waals surface area contributed by atoms with Gasteiger partial charge in [-0.25, -0.2) is 0 Å².